The minimum absolute atomic E-state index is 0.368. The SMILES string of the molecule is COc1cccc(CN2Cc3ccccc3CC2CN)n1. The number of hydrogen-bond acceptors (Lipinski definition) is 4. The number of methoxy groups -OCH3 is 1. The summed E-state index contributed by atoms with van der Waals surface area (Å²) in [6, 6.07) is 14.9. The monoisotopic (exact) mass is 283 g/mol. The van der Waals surface area contributed by atoms with E-state index in [1.807, 2.05) is 18.2 Å². The van der Waals surface area contributed by atoms with Crippen LogP contribution in [0, 0.1) is 0 Å². The van der Waals surface area contributed by atoms with E-state index < -0.39 is 0 Å². The molecule has 1 atom stereocenters. The van der Waals surface area contributed by atoms with Gasteiger partial charge in [0.2, 0.25) is 5.88 Å². The minimum atomic E-state index is 0.368. The molecule has 2 aromatic rings. The van der Waals surface area contributed by atoms with Gasteiger partial charge in [0.25, 0.3) is 0 Å². The van der Waals surface area contributed by atoms with Gasteiger partial charge in [-0.1, -0.05) is 30.3 Å². The highest BCUT2D eigenvalue weighted by atomic mass is 16.5. The summed E-state index contributed by atoms with van der Waals surface area (Å²) in [5.41, 5.74) is 9.81. The lowest BCUT2D eigenvalue weighted by molar-refractivity contribution is 0.164. The molecule has 1 aliphatic heterocycles. The number of aromatic nitrogens is 1. The molecule has 0 aliphatic carbocycles. The number of nitrogens with two attached hydrogens (primary N) is 1. The van der Waals surface area contributed by atoms with E-state index >= 15 is 0 Å². The highest BCUT2D eigenvalue weighted by Gasteiger charge is 2.25. The first kappa shape index (κ1) is 14.0. The zero-order valence-corrected chi connectivity index (χ0v) is 12.3. The Kier molecular flexibility index (Phi) is 4.18. The predicted octanol–water partition coefficient (Wildman–Crippen LogP) is 1.98. The van der Waals surface area contributed by atoms with Gasteiger partial charge in [-0.15, -0.1) is 0 Å². The molecule has 1 aliphatic rings. The maximum Gasteiger partial charge on any atom is 0.213 e. The quantitative estimate of drug-likeness (QED) is 0.932. The molecule has 1 aromatic heterocycles. The van der Waals surface area contributed by atoms with Crippen LogP contribution in [0.3, 0.4) is 0 Å². The number of fused-ring (bicyclic) bond motifs is 1. The van der Waals surface area contributed by atoms with E-state index in [4.69, 9.17) is 10.5 Å². The molecule has 0 fully saturated rings. The predicted molar refractivity (Wildman–Crippen MR) is 83.0 cm³/mol. The van der Waals surface area contributed by atoms with Crippen LogP contribution in [-0.2, 0) is 19.5 Å². The highest BCUT2D eigenvalue weighted by Crippen LogP contribution is 2.24. The third-order valence-corrected chi connectivity index (χ3v) is 4.09. The molecule has 0 saturated carbocycles. The molecule has 110 valence electrons. The molecule has 21 heavy (non-hydrogen) atoms. The van der Waals surface area contributed by atoms with Gasteiger partial charge in [0.15, 0.2) is 0 Å². The maximum atomic E-state index is 5.97. The van der Waals surface area contributed by atoms with Gasteiger partial charge in [-0.25, -0.2) is 4.98 Å². The van der Waals surface area contributed by atoms with Crippen molar-refractivity contribution in [2.45, 2.75) is 25.6 Å². The van der Waals surface area contributed by atoms with Crippen LogP contribution >= 0.6 is 0 Å². The first-order chi connectivity index (χ1) is 10.3. The third-order valence-electron chi connectivity index (χ3n) is 4.09. The Balaban J connectivity index is 1.80. The fourth-order valence-electron chi connectivity index (χ4n) is 2.93. The van der Waals surface area contributed by atoms with Crippen LogP contribution < -0.4 is 10.5 Å². The fraction of sp³-hybridized carbons (Fsp3) is 0.353. The van der Waals surface area contributed by atoms with E-state index in [-0.39, 0.29) is 0 Å². The van der Waals surface area contributed by atoms with Gasteiger partial charge in [0, 0.05) is 31.7 Å². The molecule has 4 heteroatoms. The van der Waals surface area contributed by atoms with E-state index in [1.54, 1.807) is 7.11 Å². The smallest absolute Gasteiger partial charge is 0.213 e. The van der Waals surface area contributed by atoms with E-state index in [1.165, 1.54) is 11.1 Å². The van der Waals surface area contributed by atoms with Crippen LogP contribution in [0.2, 0.25) is 0 Å². The Bertz CT molecular complexity index is 614. The molecular formula is C17H21N3O. The molecule has 1 aromatic carbocycles. The topological polar surface area (TPSA) is 51.4 Å². The summed E-state index contributed by atoms with van der Waals surface area (Å²) >= 11 is 0. The summed E-state index contributed by atoms with van der Waals surface area (Å²) < 4.78 is 5.20. The van der Waals surface area contributed by atoms with Gasteiger partial charge in [-0.2, -0.15) is 0 Å². The summed E-state index contributed by atoms with van der Waals surface area (Å²) in [5.74, 6) is 0.661. The fourth-order valence-corrected chi connectivity index (χ4v) is 2.93. The van der Waals surface area contributed by atoms with Crippen molar-refractivity contribution in [3.8, 4) is 5.88 Å². The summed E-state index contributed by atoms with van der Waals surface area (Å²) in [6.07, 6.45) is 1.01. The summed E-state index contributed by atoms with van der Waals surface area (Å²) in [7, 11) is 1.64. The van der Waals surface area contributed by atoms with Gasteiger partial charge in [0.05, 0.1) is 12.8 Å². The normalized spacial score (nSPS) is 18.3. The molecule has 2 N–H and O–H groups in total. The number of pyridine rings is 1. The largest absolute Gasteiger partial charge is 0.481 e. The van der Waals surface area contributed by atoms with Crippen LogP contribution in [0.5, 0.6) is 5.88 Å². The lowest BCUT2D eigenvalue weighted by Crippen LogP contribution is -2.44. The second kappa shape index (κ2) is 6.24. The molecule has 0 radical (unpaired) electrons. The number of nitrogens with zero attached hydrogens (tertiary/aromatic N) is 2. The molecular weight excluding hydrogens is 262 g/mol. The Morgan fingerprint density at radius 2 is 2.00 bits per heavy atom. The van der Waals surface area contributed by atoms with Crippen molar-refractivity contribution in [1.82, 2.24) is 9.88 Å². The number of rotatable bonds is 4. The van der Waals surface area contributed by atoms with Crippen molar-refractivity contribution in [1.29, 1.82) is 0 Å². The van der Waals surface area contributed by atoms with Crippen molar-refractivity contribution in [2.75, 3.05) is 13.7 Å². The van der Waals surface area contributed by atoms with Gasteiger partial charge in [-0.05, 0) is 23.6 Å². The van der Waals surface area contributed by atoms with Crippen molar-refractivity contribution in [2.24, 2.45) is 5.73 Å². The minimum Gasteiger partial charge on any atom is -0.481 e. The molecule has 4 nitrogen and oxygen atoms in total. The molecule has 3 rings (SSSR count). The summed E-state index contributed by atoms with van der Waals surface area (Å²) in [5, 5.41) is 0. The Morgan fingerprint density at radius 3 is 2.76 bits per heavy atom. The van der Waals surface area contributed by atoms with E-state index in [0.717, 1.165) is 25.2 Å². The van der Waals surface area contributed by atoms with Crippen LogP contribution in [0.1, 0.15) is 16.8 Å². The van der Waals surface area contributed by atoms with Gasteiger partial charge in [0.1, 0.15) is 0 Å². The third kappa shape index (κ3) is 3.06. The molecule has 0 saturated heterocycles. The second-order valence-electron chi connectivity index (χ2n) is 5.44. The first-order valence-electron chi connectivity index (χ1n) is 7.31. The van der Waals surface area contributed by atoms with Crippen molar-refractivity contribution >= 4 is 0 Å². The van der Waals surface area contributed by atoms with Crippen molar-refractivity contribution < 1.29 is 4.74 Å². The Labute approximate surface area is 125 Å². The van der Waals surface area contributed by atoms with Gasteiger partial charge in [-0.3, -0.25) is 4.90 Å². The second-order valence-corrected chi connectivity index (χ2v) is 5.44. The average Bonchev–Trinajstić information content (AvgIpc) is 2.54. The molecule has 0 amide bonds. The summed E-state index contributed by atoms with van der Waals surface area (Å²) in [6.45, 7) is 2.39. The Morgan fingerprint density at radius 1 is 1.19 bits per heavy atom. The number of hydrogen-bond donors (Lipinski definition) is 1. The number of ether oxygens (including phenoxy) is 1. The zero-order valence-electron chi connectivity index (χ0n) is 12.3. The van der Waals surface area contributed by atoms with Gasteiger partial charge < -0.3 is 10.5 Å². The van der Waals surface area contributed by atoms with Crippen LogP contribution in [0.15, 0.2) is 42.5 Å². The van der Waals surface area contributed by atoms with Crippen LogP contribution in [0.4, 0.5) is 0 Å². The van der Waals surface area contributed by atoms with Crippen LogP contribution in [0.25, 0.3) is 0 Å². The van der Waals surface area contributed by atoms with Crippen LogP contribution in [-0.4, -0.2) is 29.6 Å². The zero-order chi connectivity index (χ0) is 14.7. The Hall–Kier alpha value is -1.91. The first-order valence-corrected chi connectivity index (χ1v) is 7.31. The average molecular weight is 283 g/mol. The maximum absolute atomic E-state index is 5.97. The van der Waals surface area contributed by atoms with Crippen molar-refractivity contribution in [3.05, 3.63) is 59.3 Å². The lowest BCUT2D eigenvalue weighted by atomic mass is 9.94. The van der Waals surface area contributed by atoms with E-state index in [9.17, 15) is 0 Å². The standard InChI is InChI=1S/C17H21N3O/c1-21-17-8-4-7-15(19-17)12-20-11-14-6-3-2-5-13(14)9-16(20)10-18/h2-8,16H,9-12,18H2,1H3. The number of benzene rings is 1. The molecule has 0 bridgehead atoms. The molecule has 2 heterocycles. The van der Waals surface area contributed by atoms with Gasteiger partial charge >= 0.3 is 0 Å². The lowest BCUT2D eigenvalue weighted by Gasteiger charge is -2.36. The molecule has 1 unspecified atom stereocenters. The molecule has 0 spiro atoms. The summed E-state index contributed by atoms with van der Waals surface area (Å²) in [4.78, 5) is 6.91. The van der Waals surface area contributed by atoms with E-state index in [2.05, 4.69) is 34.1 Å². The van der Waals surface area contributed by atoms with Crippen molar-refractivity contribution in [3.63, 3.8) is 0 Å². The highest BCUT2D eigenvalue weighted by molar-refractivity contribution is 5.30. The van der Waals surface area contributed by atoms with E-state index in [0.29, 0.717) is 18.5 Å².